The van der Waals surface area contributed by atoms with Gasteiger partial charge in [-0.2, -0.15) is 0 Å². The van der Waals surface area contributed by atoms with E-state index in [0.717, 1.165) is 0 Å². The van der Waals surface area contributed by atoms with Crippen molar-refractivity contribution >= 4 is 35.1 Å². The Labute approximate surface area is 161 Å². The van der Waals surface area contributed by atoms with Crippen LogP contribution in [0.5, 0.6) is 5.75 Å². The molecule has 142 valence electrons. The number of methoxy groups -OCH3 is 1. The van der Waals surface area contributed by atoms with Gasteiger partial charge in [0.05, 0.1) is 23.4 Å². The summed E-state index contributed by atoms with van der Waals surface area (Å²) in [6.07, 6.45) is 0. The molecule has 2 aromatic rings. The van der Waals surface area contributed by atoms with Gasteiger partial charge in [-0.05, 0) is 31.2 Å². The van der Waals surface area contributed by atoms with Crippen molar-refractivity contribution in [2.45, 2.75) is 13.0 Å². The number of para-hydroxylation sites is 2. The maximum absolute atomic E-state index is 12.1. The van der Waals surface area contributed by atoms with E-state index in [1.807, 2.05) is 0 Å². The van der Waals surface area contributed by atoms with E-state index in [-0.39, 0.29) is 10.6 Å². The lowest BCUT2D eigenvalue weighted by Gasteiger charge is -2.14. The zero-order chi connectivity index (χ0) is 19.8. The molecular formula is C19H19ClN2O5. The fraction of sp³-hybridized carbons (Fsp3) is 0.211. The van der Waals surface area contributed by atoms with Gasteiger partial charge in [-0.25, -0.2) is 4.79 Å². The molecule has 0 aliphatic rings. The molecule has 0 spiro atoms. The highest BCUT2D eigenvalue weighted by molar-refractivity contribution is 6.33. The molecule has 0 unspecified atom stereocenters. The molecule has 0 bridgehead atoms. The van der Waals surface area contributed by atoms with Crippen molar-refractivity contribution < 1.29 is 23.9 Å². The minimum atomic E-state index is -0.951. The summed E-state index contributed by atoms with van der Waals surface area (Å²) in [5, 5.41) is 5.33. The van der Waals surface area contributed by atoms with Crippen molar-refractivity contribution in [1.82, 2.24) is 5.32 Å². The van der Waals surface area contributed by atoms with Crippen molar-refractivity contribution in [3.8, 4) is 5.75 Å². The lowest BCUT2D eigenvalue weighted by Crippen LogP contribution is -2.40. The molecule has 0 aromatic heterocycles. The molecule has 0 saturated heterocycles. The van der Waals surface area contributed by atoms with E-state index in [0.29, 0.717) is 11.4 Å². The van der Waals surface area contributed by atoms with Crippen molar-refractivity contribution in [2.24, 2.45) is 0 Å². The SMILES string of the molecule is COc1ccccc1NC(=O)COC(=O)[C@H](C)NC(=O)c1ccccc1Cl. The number of halogens is 1. The third-order valence-corrected chi connectivity index (χ3v) is 3.88. The summed E-state index contributed by atoms with van der Waals surface area (Å²) >= 11 is 5.95. The second-order valence-electron chi connectivity index (χ2n) is 5.53. The Bertz CT molecular complexity index is 840. The molecule has 0 radical (unpaired) electrons. The van der Waals surface area contributed by atoms with E-state index in [1.165, 1.54) is 20.1 Å². The summed E-state index contributed by atoms with van der Waals surface area (Å²) in [6.45, 7) is 0.957. The molecular weight excluding hydrogens is 372 g/mol. The summed E-state index contributed by atoms with van der Waals surface area (Å²) in [5.41, 5.74) is 0.703. The molecule has 2 N–H and O–H groups in total. The quantitative estimate of drug-likeness (QED) is 0.709. The van der Waals surface area contributed by atoms with Gasteiger partial charge < -0.3 is 20.1 Å². The van der Waals surface area contributed by atoms with Crippen molar-refractivity contribution in [1.29, 1.82) is 0 Å². The predicted octanol–water partition coefficient (Wildman–Crippen LogP) is 2.65. The van der Waals surface area contributed by atoms with E-state index in [2.05, 4.69) is 10.6 Å². The zero-order valence-corrected chi connectivity index (χ0v) is 15.6. The monoisotopic (exact) mass is 390 g/mol. The summed E-state index contributed by atoms with van der Waals surface area (Å²) in [4.78, 5) is 36.1. The van der Waals surface area contributed by atoms with Gasteiger partial charge in [0.25, 0.3) is 11.8 Å². The number of carbonyl (C=O) groups is 3. The van der Waals surface area contributed by atoms with Crippen LogP contribution in [-0.2, 0) is 14.3 Å². The highest BCUT2D eigenvalue weighted by Gasteiger charge is 2.20. The molecule has 2 aromatic carbocycles. The van der Waals surface area contributed by atoms with E-state index < -0.39 is 30.4 Å². The number of benzene rings is 2. The number of rotatable bonds is 7. The number of amides is 2. The Hall–Kier alpha value is -3.06. The van der Waals surface area contributed by atoms with E-state index in [9.17, 15) is 14.4 Å². The van der Waals surface area contributed by atoms with Crippen LogP contribution < -0.4 is 15.4 Å². The molecule has 0 aliphatic carbocycles. The van der Waals surface area contributed by atoms with Crippen LogP contribution in [0, 0.1) is 0 Å². The second-order valence-corrected chi connectivity index (χ2v) is 5.94. The van der Waals surface area contributed by atoms with Crippen LogP contribution in [0.4, 0.5) is 5.69 Å². The summed E-state index contributed by atoms with van der Waals surface area (Å²) < 4.78 is 10.1. The Balaban J connectivity index is 1.85. The molecule has 1 atom stereocenters. The fourth-order valence-corrected chi connectivity index (χ4v) is 2.40. The van der Waals surface area contributed by atoms with Crippen LogP contribution in [0.1, 0.15) is 17.3 Å². The Kier molecular flexibility index (Phi) is 7.19. The topological polar surface area (TPSA) is 93.7 Å². The molecule has 27 heavy (non-hydrogen) atoms. The van der Waals surface area contributed by atoms with Crippen molar-refractivity contribution in [3.05, 3.63) is 59.1 Å². The first-order chi connectivity index (χ1) is 12.9. The third kappa shape index (κ3) is 5.72. The standard InChI is InChI=1S/C19H19ClN2O5/c1-12(21-18(24)13-7-3-4-8-14(13)20)19(25)27-11-17(23)22-15-9-5-6-10-16(15)26-2/h3-10,12H,11H2,1-2H3,(H,21,24)(H,22,23)/t12-/m0/s1. The summed E-state index contributed by atoms with van der Waals surface area (Å²) in [6, 6.07) is 12.3. The van der Waals surface area contributed by atoms with Gasteiger partial charge in [0.1, 0.15) is 11.8 Å². The predicted molar refractivity (Wildman–Crippen MR) is 101 cm³/mol. The van der Waals surface area contributed by atoms with Gasteiger partial charge in [0, 0.05) is 0 Å². The minimum Gasteiger partial charge on any atom is -0.495 e. The average molecular weight is 391 g/mol. The number of hydrogen-bond acceptors (Lipinski definition) is 5. The first-order valence-electron chi connectivity index (χ1n) is 8.07. The van der Waals surface area contributed by atoms with E-state index in [1.54, 1.807) is 42.5 Å². The Morgan fingerprint density at radius 3 is 2.44 bits per heavy atom. The lowest BCUT2D eigenvalue weighted by atomic mass is 10.2. The average Bonchev–Trinajstić information content (AvgIpc) is 2.66. The first-order valence-corrected chi connectivity index (χ1v) is 8.45. The van der Waals surface area contributed by atoms with E-state index >= 15 is 0 Å². The normalized spacial score (nSPS) is 11.2. The maximum atomic E-state index is 12.1. The number of ether oxygens (including phenoxy) is 2. The van der Waals surface area contributed by atoms with Gasteiger partial charge in [0.2, 0.25) is 0 Å². The van der Waals surface area contributed by atoms with Gasteiger partial charge in [-0.15, -0.1) is 0 Å². The van der Waals surface area contributed by atoms with Gasteiger partial charge in [-0.3, -0.25) is 9.59 Å². The zero-order valence-electron chi connectivity index (χ0n) is 14.8. The smallest absolute Gasteiger partial charge is 0.328 e. The van der Waals surface area contributed by atoms with Crippen molar-refractivity contribution in [2.75, 3.05) is 19.0 Å². The maximum Gasteiger partial charge on any atom is 0.328 e. The van der Waals surface area contributed by atoms with Gasteiger partial charge in [0.15, 0.2) is 6.61 Å². The largest absolute Gasteiger partial charge is 0.495 e. The Morgan fingerprint density at radius 2 is 1.74 bits per heavy atom. The fourth-order valence-electron chi connectivity index (χ4n) is 2.17. The molecule has 2 amide bonds. The first kappa shape index (κ1) is 20.3. The molecule has 2 rings (SSSR count). The molecule has 0 saturated carbocycles. The third-order valence-electron chi connectivity index (χ3n) is 3.55. The highest BCUT2D eigenvalue weighted by atomic mass is 35.5. The molecule has 0 aliphatic heterocycles. The van der Waals surface area contributed by atoms with Crippen LogP contribution in [0.3, 0.4) is 0 Å². The number of carbonyl (C=O) groups excluding carboxylic acids is 3. The van der Waals surface area contributed by atoms with Crippen LogP contribution in [0.2, 0.25) is 5.02 Å². The number of hydrogen-bond donors (Lipinski definition) is 2. The van der Waals surface area contributed by atoms with Gasteiger partial charge in [-0.1, -0.05) is 35.9 Å². The van der Waals surface area contributed by atoms with E-state index in [4.69, 9.17) is 21.1 Å². The number of nitrogens with one attached hydrogen (secondary N) is 2. The lowest BCUT2D eigenvalue weighted by molar-refractivity contribution is -0.148. The number of esters is 1. The molecule has 7 nitrogen and oxygen atoms in total. The van der Waals surface area contributed by atoms with Gasteiger partial charge >= 0.3 is 5.97 Å². The number of anilines is 1. The molecule has 8 heteroatoms. The molecule has 0 heterocycles. The van der Waals surface area contributed by atoms with Crippen LogP contribution in [-0.4, -0.2) is 37.5 Å². The molecule has 0 fully saturated rings. The summed E-state index contributed by atoms with van der Waals surface area (Å²) in [7, 11) is 1.48. The van der Waals surface area contributed by atoms with Crippen LogP contribution in [0.15, 0.2) is 48.5 Å². The second kappa shape index (κ2) is 9.59. The van der Waals surface area contributed by atoms with Crippen LogP contribution in [0.25, 0.3) is 0 Å². The minimum absolute atomic E-state index is 0.243. The summed E-state index contributed by atoms with van der Waals surface area (Å²) in [5.74, 6) is -1.30. The Morgan fingerprint density at radius 1 is 1.07 bits per heavy atom. The van der Waals surface area contributed by atoms with Crippen LogP contribution >= 0.6 is 11.6 Å². The highest BCUT2D eigenvalue weighted by Crippen LogP contribution is 2.22. The van der Waals surface area contributed by atoms with Crippen molar-refractivity contribution in [3.63, 3.8) is 0 Å².